The summed E-state index contributed by atoms with van der Waals surface area (Å²) < 4.78 is 5.50. The maximum atomic E-state index is 2.49. The van der Waals surface area contributed by atoms with E-state index in [9.17, 15) is 0 Å². The Morgan fingerprint density at radius 2 is 1.12 bits per heavy atom. The van der Waals surface area contributed by atoms with Crippen molar-refractivity contribution in [2.75, 3.05) is 0 Å². The molecule has 3 nitrogen and oxygen atoms in total. The quantitative estimate of drug-likeness (QED) is 0.152. The molecule has 10 rings (SSSR count). The van der Waals surface area contributed by atoms with Gasteiger partial charge in [-0.15, -0.1) is 0 Å². The molecule has 0 amide bonds. The topological polar surface area (TPSA) is 7.76 Å². The molecule has 0 radical (unpaired) electrons. The van der Waals surface area contributed by atoms with E-state index in [2.05, 4.69) is 145 Å². The molecule has 6 aromatic rings. The van der Waals surface area contributed by atoms with Crippen LogP contribution in [-0.4, -0.2) is 0 Å². The molecule has 186 valence electrons. The Bertz CT molecular complexity index is 2110. The van der Waals surface area contributed by atoms with Gasteiger partial charge in [0.2, 0.25) is 12.4 Å². The van der Waals surface area contributed by atoms with Crippen LogP contribution in [0.1, 0.15) is 33.4 Å². The number of nitrogens with zero attached hydrogens (tertiary/aromatic N) is 3. The molecule has 1 aliphatic carbocycles. The third-order valence-corrected chi connectivity index (χ3v) is 9.78. The third-order valence-electron chi connectivity index (χ3n) is 9.78. The number of quaternary nitrogens is 1. The van der Waals surface area contributed by atoms with Gasteiger partial charge in [0.15, 0.2) is 4.70 Å². The van der Waals surface area contributed by atoms with E-state index in [1.807, 2.05) is 0 Å². The average Bonchev–Trinajstić information content (AvgIpc) is 3.56. The molecule has 3 heteroatoms. The number of pyridine rings is 2. The van der Waals surface area contributed by atoms with Crippen LogP contribution in [0.2, 0.25) is 0 Å². The minimum atomic E-state index is -0.406. The van der Waals surface area contributed by atoms with Gasteiger partial charge in [-0.2, -0.15) is 0 Å². The lowest BCUT2D eigenvalue weighted by Crippen LogP contribution is -2.82. The van der Waals surface area contributed by atoms with E-state index in [-0.39, 0.29) is 0 Å². The second-order valence-corrected chi connectivity index (χ2v) is 11.7. The third kappa shape index (κ3) is 1.99. The summed E-state index contributed by atoms with van der Waals surface area (Å²) in [5.41, 5.74) is 18.2. The van der Waals surface area contributed by atoms with Gasteiger partial charge in [0.05, 0.1) is 14.8 Å². The highest BCUT2D eigenvalue weighted by atomic mass is 15.9. The van der Waals surface area contributed by atoms with Crippen LogP contribution >= 0.6 is 0 Å². The summed E-state index contributed by atoms with van der Waals surface area (Å²) in [6, 6.07) is 41.3. The van der Waals surface area contributed by atoms with Crippen LogP contribution in [0.4, 0.5) is 11.4 Å². The Hall–Kier alpha value is -4.86. The van der Waals surface area contributed by atoms with Gasteiger partial charge >= 0.3 is 0 Å². The first-order valence-corrected chi connectivity index (χ1v) is 14.1. The molecule has 0 saturated heterocycles. The number of benzene rings is 4. The molecule has 40 heavy (non-hydrogen) atoms. The smallest absolute Gasteiger partial charge is 0.0619 e. The van der Waals surface area contributed by atoms with Crippen molar-refractivity contribution < 1.29 is 9.35 Å². The number of rotatable bonds is 0. The fraction of sp³-hybridized carbons (Fsp3) is 0.0811. The van der Waals surface area contributed by atoms with Gasteiger partial charge in [-0.1, -0.05) is 60.7 Å². The van der Waals surface area contributed by atoms with E-state index in [1.54, 1.807) is 0 Å². The molecule has 5 heterocycles. The lowest BCUT2D eigenvalue weighted by Gasteiger charge is -2.38. The van der Waals surface area contributed by atoms with Crippen molar-refractivity contribution in [1.82, 2.24) is 4.70 Å². The molecule has 2 spiro atoms. The minimum Gasteiger partial charge on any atom is -0.0619 e. The second kappa shape index (κ2) is 6.64. The van der Waals surface area contributed by atoms with Gasteiger partial charge in [-0.25, -0.2) is 0 Å². The Labute approximate surface area is 233 Å². The fourth-order valence-electron chi connectivity index (χ4n) is 8.54. The van der Waals surface area contributed by atoms with E-state index < -0.39 is 5.41 Å². The summed E-state index contributed by atoms with van der Waals surface area (Å²) in [6.07, 6.45) is 4.57. The Morgan fingerprint density at radius 3 is 1.93 bits per heavy atom. The maximum absolute atomic E-state index is 2.49. The van der Waals surface area contributed by atoms with Crippen molar-refractivity contribution in [1.29, 1.82) is 0 Å². The van der Waals surface area contributed by atoms with Crippen molar-refractivity contribution in [2.24, 2.45) is 0 Å². The fourth-order valence-corrected chi connectivity index (χ4v) is 8.54. The normalized spacial score (nSPS) is 18.6. The lowest BCUT2D eigenvalue weighted by molar-refractivity contribution is -1.02. The van der Waals surface area contributed by atoms with Crippen molar-refractivity contribution in [3.8, 4) is 33.6 Å². The molecule has 1 atom stereocenters. The summed E-state index contributed by atoms with van der Waals surface area (Å²) in [5.74, 6) is 0. The molecule has 4 aromatic carbocycles. The maximum Gasteiger partial charge on any atom is 0.286 e. The summed E-state index contributed by atoms with van der Waals surface area (Å²) in [7, 11) is 0. The first-order valence-electron chi connectivity index (χ1n) is 14.1. The number of hydrogen-bond acceptors (Lipinski definition) is 0. The van der Waals surface area contributed by atoms with Crippen LogP contribution in [0.3, 0.4) is 0 Å². The van der Waals surface area contributed by atoms with Gasteiger partial charge in [0, 0.05) is 35.4 Å². The molecule has 0 fully saturated rings. The summed E-state index contributed by atoms with van der Waals surface area (Å²) in [6.45, 7) is 4.46. The molecular formula is C37H26N3+3. The highest BCUT2D eigenvalue weighted by molar-refractivity contribution is 5.98. The molecule has 0 N–H and O–H groups in total. The number of aromatic nitrogens is 2. The number of hydrogen-bond donors (Lipinski definition) is 0. The molecule has 3 aliphatic heterocycles. The van der Waals surface area contributed by atoms with Gasteiger partial charge in [-0.05, 0) is 71.5 Å². The van der Waals surface area contributed by atoms with Crippen LogP contribution in [0, 0.1) is 13.8 Å². The van der Waals surface area contributed by atoms with Crippen LogP contribution in [-0.2, 0) is 5.41 Å². The van der Waals surface area contributed by atoms with Crippen molar-refractivity contribution in [3.63, 3.8) is 0 Å². The van der Waals surface area contributed by atoms with Crippen LogP contribution in [0.5, 0.6) is 0 Å². The monoisotopic (exact) mass is 512 g/mol. The molecule has 0 bridgehead atoms. The average molecular weight is 513 g/mol. The van der Waals surface area contributed by atoms with Gasteiger partial charge in [0.25, 0.3) is 22.8 Å². The predicted octanol–water partition coefficient (Wildman–Crippen LogP) is 7.08. The SMILES string of the molecule is Cc1cc2c3c(c1)C1(c4ccccc4-c4ccccc41)c1cccc4c1[N+]3([n+]1ccccc1-2)[n+]1ccc(C)cc1-4. The summed E-state index contributed by atoms with van der Waals surface area (Å²) >= 11 is 0. The lowest BCUT2D eigenvalue weighted by atomic mass is 9.64. The highest BCUT2D eigenvalue weighted by Crippen LogP contribution is 2.67. The van der Waals surface area contributed by atoms with Crippen LogP contribution in [0.25, 0.3) is 33.6 Å². The first kappa shape index (κ1) is 21.0. The first-order chi connectivity index (χ1) is 19.7. The molecular weight excluding hydrogens is 486 g/mol. The number of para-hydroxylation sites is 1. The molecule has 4 aliphatic rings. The van der Waals surface area contributed by atoms with E-state index in [0.717, 1.165) is 0 Å². The van der Waals surface area contributed by atoms with Crippen LogP contribution in [0.15, 0.2) is 122 Å². The zero-order chi connectivity index (χ0) is 26.4. The van der Waals surface area contributed by atoms with Gasteiger partial charge in [-0.3, -0.25) is 0 Å². The van der Waals surface area contributed by atoms with E-state index >= 15 is 0 Å². The Morgan fingerprint density at radius 1 is 0.475 bits per heavy atom. The summed E-state index contributed by atoms with van der Waals surface area (Å²) in [5, 5.41) is 0. The molecule has 2 aromatic heterocycles. The summed E-state index contributed by atoms with van der Waals surface area (Å²) in [4.78, 5) is 0. The van der Waals surface area contributed by atoms with E-state index in [1.165, 1.54) is 78.4 Å². The molecule has 1 unspecified atom stereocenters. The largest absolute Gasteiger partial charge is 0.286 e. The van der Waals surface area contributed by atoms with Crippen molar-refractivity contribution >= 4 is 11.4 Å². The minimum absolute atomic E-state index is 0.406. The predicted molar refractivity (Wildman–Crippen MR) is 157 cm³/mol. The van der Waals surface area contributed by atoms with Gasteiger partial charge in [0.1, 0.15) is 11.1 Å². The highest BCUT2D eigenvalue weighted by Gasteiger charge is 2.75. The number of fused-ring (bicyclic) bond motifs is 11. The van der Waals surface area contributed by atoms with Crippen molar-refractivity contribution in [2.45, 2.75) is 19.3 Å². The molecule has 0 saturated carbocycles. The van der Waals surface area contributed by atoms with Crippen molar-refractivity contribution in [3.05, 3.63) is 155 Å². The Kier molecular flexibility index (Phi) is 3.49. The van der Waals surface area contributed by atoms with Gasteiger partial charge < -0.3 is 0 Å². The van der Waals surface area contributed by atoms with E-state index in [0.29, 0.717) is 4.70 Å². The second-order valence-electron chi connectivity index (χ2n) is 11.7. The van der Waals surface area contributed by atoms with E-state index in [4.69, 9.17) is 0 Å². The zero-order valence-corrected chi connectivity index (χ0v) is 22.4. The zero-order valence-electron chi connectivity index (χ0n) is 22.4. The Balaban J connectivity index is 1.53. The number of aryl methyl sites for hydroxylation is 2. The standard InChI is InChI=1S/C37H26N3/c1-23-17-19-39-34(22-23)27-12-9-15-31-35(27)40(39)36-28(33-16-7-8-18-38(33)40)20-24(2)21-32(36)37(31)29-13-5-3-10-25(29)26-11-4-6-14-30(26)37/h3-22H,1-2H3/q+3. The van der Waals surface area contributed by atoms with Crippen LogP contribution < -0.4 is 14.1 Å².